The molecule has 1 N–H and O–H groups in total. The van der Waals surface area contributed by atoms with E-state index in [2.05, 4.69) is 15.0 Å². The molecule has 17 heavy (non-hydrogen) atoms. The molecule has 2 aromatic rings. The maximum Gasteiger partial charge on any atom is 0.161 e. The van der Waals surface area contributed by atoms with Gasteiger partial charge in [0.05, 0.1) is 11.9 Å². The molecule has 0 spiro atoms. The molecule has 0 unspecified atom stereocenters. The summed E-state index contributed by atoms with van der Waals surface area (Å²) in [5.41, 5.74) is 1.27. The number of hydrogen-bond acceptors (Lipinski definition) is 4. The Morgan fingerprint density at radius 3 is 2.53 bits per heavy atom. The summed E-state index contributed by atoms with van der Waals surface area (Å²) < 4.78 is 0. The van der Waals surface area contributed by atoms with Crippen molar-refractivity contribution in [1.29, 1.82) is 0 Å². The predicted molar refractivity (Wildman–Crippen MR) is 65.6 cm³/mol. The van der Waals surface area contributed by atoms with E-state index in [0.717, 1.165) is 5.56 Å². The fourth-order valence-electron chi connectivity index (χ4n) is 1.56. The second-order valence-corrected chi connectivity index (χ2v) is 4.92. The van der Waals surface area contributed by atoms with Gasteiger partial charge in [0.25, 0.3) is 0 Å². The SMILES string of the molecule is CC(C)(C)c1nc(-c2cccnc2)ncc1O. The van der Waals surface area contributed by atoms with Gasteiger partial charge in [0.1, 0.15) is 0 Å². The highest BCUT2D eigenvalue weighted by molar-refractivity contribution is 5.54. The lowest BCUT2D eigenvalue weighted by Gasteiger charge is -2.19. The van der Waals surface area contributed by atoms with Crippen LogP contribution >= 0.6 is 0 Å². The van der Waals surface area contributed by atoms with Crippen molar-refractivity contribution in [2.75, 3.05) is 0 Å². The van der Waals surface area contributed by atoms with Crippen molar-refractivity contribution < 1.29 is 5.11 Å². The average molecular weight is 229 g/mol. The second-order valence-electron chi connectivity index (χ2n) is 4.92. The molecule has 0 atom stereocenters. The fraction of sp³-hybridized carbons (Fsp3) is 0.308. The molecule has 0 aliphatic carbocycles. The smallest absolute Gasteiger partial charge is 0.161 e. The van der Waals surface area contributed by atoms with Crippen LogP contribution in [0.2, 0.25) is 0 Å². The highest BCUT2D eigenvalue weighted by Crippen LogP contribution is 2.29. The zero-order chi connectivity index (χ0) is 12.5. The molecule has 0 fully saturated rings. The fourth-order valence-corrected chi connectivity index (χ4v) is 1.56. The van der Waals surface area contributed by atoms with Crippen LogP contribution < -0.4 is 0 Å². The Hall–Kier alpha value is -1.97. The molecular weight excluding hydrogens is 214 g/mol. The van der Waals surface area contributed by atoms with Crippen LogP contribution in [0.15, 0.2) is 30.7 Å². The van der Waals surface area contributed by atoms with Gasteiger partial charge in [0.15, 0.2) is 11.6 Å². The van der Waals surface area contributed by atoms with Crippen LogP contribution in [-0.2, 0) is 5.41 Å². The summed E-state index contributed by atoms with van der Waals surface area (Å²) >= 11 is 0. The summed E-state index contributed by atoms with van der Waals surface area (Å²) in [7, 11) is 0. The molecule has 88 valence electrons. The van der Waals surface area contributed by atoms with E-state index in [1.165, 1.54) is 6.20 Å². The first-order chi connectivity index (χ1) is 7.98. The molecule has 0 aliphatic heterocycles. The third kappa shape index (κ3) is 2.41. The molecule has 2 rings (SSSR count). The molecule has 0 radical (unpaired) electrons. The molecule has 0 amide bonds. The van der Waals surface area contributed by atoms with Crippen LogP contribution in [0.1, 0.15) is 26.5 Å². The van der Waals surface area contributed by atoms with E-state index < -0.39 is 0 Å². The molecular formula is C13H15N3O. The van der Waals surface area contributed by atoms with Crippen LogP contribution in [-0.4, -0.2) is 20.1 Å². The highest BCUT2D eigenvalue weighted by Gasteiger charge is 2.21. The first-order valence-corrected chi connectivity index (χ1v) is 5.45. The summed E-state index contributed by atoms with van der Waals surface area (Å²) in [5, 5.41) is 9.78. The number of pyridine rings is 1. The molecule has 4 heteroatoms. The number of nitrogens with zero attached hydrogens (tertiary/aromatic N) is 3. The van der Waals surface area contributed by atoms with Gasteiger partial charge in [-0.1, -0.05) is 20.8 Å². The Bertz CT molecular complexity index is 518. The van der Waals surface area contributed by atoms with E-state index >= 15 is 0 Å². The topological polar surface area (TPSA) is 58.9 Å². The molecule has 0 saturated carbocycles. The first-order valence-electron chi connectivity index (χ1n) is 5.45. The van der Waals surface area contributed by atoms with Crippen LogP contribution in [0.5, 0.6) is 5.75 Å². The predicted octanol–water partition coefficient (Wildman–Crippen LogP) is 2.54. The minimum absolute atomic E-state index is 0.130. The van der Waals surface area contributed by atoms with Gasteiger partial charge in [0, 0.05) is 23.4 Å². The van der Waals surface area contributed by atoms with Crippen molar-refractivity contribution in [2.45, 2.75) is 26.2 Å². The van der Waals surface area contributed by atoms with E-state index in [0.29, 0.717) is 11.5 Å². The number of aromatic nitrogens is 3. The van der Waals surface area contributed by atoms with Gasteiger partial charge >= 0.3 is 0 Å². The highest BCUT2D eigenvalue weighted by atomic mass is 16.3. The summed E-state index contributed by atoms with van der Waals surface area (Å²) in [6, 6.07) is 3.73. The summed E-state index contributed by atoms with van der Waals surface area (Å²) in [6.45, 7) is 6.01. The summed E-state index contributed by atoms with van der Waals surface area (Å²) in [6.07, 6.45) is 4.85. The maximum absolute atomic E-state index is 9.78. The van der Waals surface area contributed by atoms with Gasteiger partial charge in [-0.05, 0) is 12.1 Å². The van der Waals surface area contributed by atoms with Crippen molar-refractivity contribution >= 4 is 0 Å². The number of hydrogen-bond donors (Lipinski definition) is 1. The second kappa shape index (κ2) is 4.13. The van der Waals surface area contributed by atoms with Crippen molar-refractivity contribution in [2.24, 2.45) is 0 Å². The van der Waals surface area contributed by atoms with Crippen LogP contribution in [0.25, 0.3) is 11.4 Å². The number of rotatable bonds is 1. The first kappa shape index (κ1) is 11.5. The minimum atomic E-state index is -0.218. The van der Waals surface area contributed by atoms with Crippen molar-refractivity contribution in [3.05, 3.63) is 36.4 Å². The summed E-state index contributed by atoms with van der Waals surface area (Å²) in [5.74, 6) is 0.714. The van der Waals surface area contributed by atoms with E-state index in [-0.39, 0.29) is 11.2 Å². The van der Waals surface area contributed by atoms with Gasteiger partial charge in [-0.25, -0.2) is 9.97 Å². The van der Waals surface area contributed by atoms with Gasteiger partial charge in [0.2, 0.25) is 0 Å². The zero-order valence-electron chi connectivity index (χ0n) is 10.2. The van der Waals surface area contributed by atoms with E-state index in [1.54, 1.807) is 12.4 Å². The Morgan fingerprint density at radius 1 is 1.18 bits per heavy atom. The molecule has 0 saturated heterocycles. The van der Waals surface area contributed by atoms with Gasteiger partial charge < -0.3 is 5.11 Å². The Morgan fingerprint density at radius 2 is 1.94 bits per heavy atom. The van der Waals surface area contributed by atoms with E-state index in [4.69, 9.17) is 0 Å². The zero-order valence-corrected chi connectivity index (χ0v) is 10.2. The van der Waals surface area contributed by atoms with Crippen LogP contribution in [0.3, 0.4) is 0 Å². The Balaban J connectivity index is 2.53. The minimum Gasteiger partial charge on any atom is -0.504 e. The number of aromatic hydroxyl groups is 1. The van der Waals surface area contributed by atoms with Gasteiger partial charge in [-0.15, -0.1) is 0 Å². The Labute approximate surface area is 100 Å². The van der Waals surface area contributed by atoms with Crippen molar-refractivity contribution in [3.63, 3.8) is 0 Å². The van der Waals surface area contributed by atoms with E-state index in [1.807, 2.05) is 32.9 Å². The standard InChI is InChI=1S/C13H15N3O/c1-13(2,3)11-10(17)8-15-12(16-11)9-5-4-6-14-7-9/h4-8,17H,1-3H3. The molecule has 4 nitrogen and oxygen atoms in total. The van der Waals surface area contributed by atoms with E-state index in [9.17, 15) is 5.11 Å². The van der Waals surface area contributed by atoms with Crippen LogP contribution in [0.4, 0.5) is 0 Å². The van der Waals surface area contributed by atoms with Gasteiger partial charge in [-0.2, -0.15) is 0 Å². The van der Waals surface area contributed by atoms with Crippen molar-refractivity contribution in [1.82, 2.24) is 15.0 Å². The molecule has 0 bridgehead atoms. The molecule has 2 aromatic heterocycles. The summed E-state index contributed by atoms with van der Waals surface area (Å²) in [4.78, 5) is 12.6. The molecule has 0 aliphatic rings. The van der Waals surface area contributed by atoms with Gasteiger partial charge in [-0.3, -0.25) is 4.98 Å². The lowest BCUT2D eigenvalue weighted by Crippen LogP contribution is -2.14. The quantitative estimate of drug-likeness (QED) is 0.816. The van der Waals surface area contributed by atoms with Crippen LogP contribution in [0, 0.1) is 0 Å². The Kier molecular flexibility index (Phi) is 2.79. The molecule has 2 heterocycles. The normalized spacial score (nSPS) is 11.5. The third-order valence-corrected chi connectivity index (χ3v) is 2.40. The average Bonchev–Trinajstić information content (AvgIpc) is 2.29. The molecule has 0 aromatic carbocycles. The maximum atomic E-state index is 9.78. The monoisotopic (exact) mass is 229 g/mol. The third-order valence-electron chi connectivity index (χ3n) is 2.40. The largest absolute Gasteiger partial charge is 0.504 e. The van der Waals surface area contributed by atoms with Crippen molar-refractivity contribution in [3.8, 4) is 17.1 Å². The lowest BCUT2D eigenvalue weighted by molar-refractivity contribution is 0.435. The lowest BCUT2D eigenvalue weighted by atomic mass is 9.91.